The van der Waals surface area contributed by atoms with E-state index in [1.54, 1.807) is 6.20 Å². The van der Waals surface area contributed by atoms with E-state index in [9.17, 15) is 9.50 Å². The maximum absolute atomic E-state index is 13.7. The molecular weight excluding hydrogens is 287 g/mol. The highest BCUT2D eigenvalue weighted by atomic mass is 79.9. The number of anilines is 1. The molecule has 1 N–H and O–H groups in total. The topological polar surface area (TPSA) is 36.4 Å². The van der Waals surface area contributed by atoms with E-state index in [-0.39, 0.29) is 11.9 Å². The standard InChI is InChI=1S/C12H16BrFN2O/c1-8(17)9-2-4-16(5-3-9)12-11(14)6-10(13)7-15-12/h6-9,17H,2-5H2,1H3. The van der Waals surface area contributed by atoms with E-state index in [1.165, 1.54) is 6.07 Å². The molecule has 1 aliphatic rings. The second kappa shape index (κ2) is 5.31. The third-order valence-corrected chi connectivity index (χ3v) is 3.74. The van der Waals surface area contributed by atoms with Crippen molar-refractivity contribution in [3.63, 3.8) is 0 Å². The Hall–Kier alpha value is -0.680. The maximum Gasteiger partial charge on any atom is 0.166 e. The Morgan fingerprint density at radius 3 is 2.71 bits per heavy atom. The van der Waals surface area contributed by atoms with Gasteiger partial charge in [0.25, 0.3) is 0 Å². The second-order valence-electron chi connectivity index (χ2n) is 4.52. The van der Waals surface area contributed by atoms with Gasteiger partial charge in [0.1, 0.15) is 0 Å². The fourth-order valence-electron chi connectivity index (χ4n) is 2.23. The zero-order chi connectivity index (χ0) is 12.4. The zero-order valence-corrected chi connectivity index (χ0v) is 11.3. The first-order valence-electron chi connectivity index (χ1n) is 5.82. The average Bonchev–Trinajstić information content (AvgIpc) is 2.29. The molecule has 0 aromatic carbocycles. The molecule has 2 rings (SSSR count). The summed E-state index contributed by atoms with van der Waals surface area (Å²) in [6, 6.07) is 1.43. The molecule has 1 aliphatic heterocycles. The van der Waals surface area contributed by atoms with Gasteiger partial charge in [-0.25, -0.2) is 9.37 Å². The van der Waals surface area contributed by atoms with E-state index in [4.69, 9.17) is 0 Å². The van der Waals surface area contributed by atoms with Gasteiger partial charge in [0.05, 0.1) is 6.10 Å². The van der Waals surface area contributed by atoms with Gasteiger partial charge in [-0.1, -0.05) is 0 Å². The minimum absolute atomic E-state index is 0.278. The minimum atomic E-state index is -0.296. The largest absolute Gasteiger partial charge is 0.393 e. The third kappa shape index (κ3) is 2.96. The summed E-state index contributed by atoms with van der Waals surface area (Å²) >= 11 is 3.19. The quantitative estimate of drug-likeness (QED) is 0.912. The molecule has 94 valence electrons. The monoisotopic (exact) mass is 302 g/mol. The molecule has 0 saturated carbocycles. The normalized spacial score (nSPS) is 19.4. The molecule has 1 unspecified atom stereocenters. The highest BCUT2D eigenvalue weighted by molar-refractivity contribution is 9.10. The molecule has 0 amide bonds. The lowest BCUT2D eigenvalue weighted by Gasteiger charge is -2.34. The van der Waals surface area contributed by atoms with Gasteiger partial charge in [-0.05, 0) is 47.7 Å². The number of halogens is 2. The Morgan fingerprint density at radius 2 is 2.18 bits per heavy atom. The van der Waals surface area contributed by atoms with Crippen molar-refractivity contribution >= 4 is 21.7 Å². The van der Waals surface area contributed by atoms with Crippen molar-refractivity contribution in [1.29, 1.82) is 0 Å². The van der Waals surface area contributed by atoms with Gasteiger partial charge in [-0.3, -0.25) is 0 Å². The molecule has 0 radical (unpaired) electrons. The Morgan fingerprint density at radius 1 is 1.53 bits per heavy atom. The number of aromatic nitrogens is 1. The van der Waals surface area contributed by atoms with Gasteiger partial charge in [-0.2, -0.15) is 0 Å². The summed E-state index contributed by atoms with van der Waals surface area (Å²) < 4.78 is 14.4. The van der Waals surface area contributed by atoms with Crippen molar-refractivity contribution < 1.29 is 9.50 Å². The molecule has 0 spiro atoms. The highest BCUT2D eigenvalue weighted by Gasteiger charge is 2.24. The molecule has 1 aromatic rings. The molecule has 1 saturated heterocycles. The Balaban J connectivity index is 2.05. The van der Waals surface area contributed by atoms with Crippen LogP contribution >= 0.6 is 15.9 Å². The van der Waals surface area contributed by atoms with Crippen molar-refractivity contribution in [1.82, 2.24) is 4.98 Å². The maximum atomic E-state index is 13.7. The van der Waals surface area contributed by atoms with E-state index in [1.807, 2.05) is 11.8 Å². The van der Waals surface area contributed by atoms with Crippen molar-refractivity contribution in [2.75, 3.05) is 18.0 Å². The van der Waals surface area contributed by atoms with E-state index in [0.29, 0.717) is 16.2 Å². The second-order valence-corrected chi connectivity index (χ2v) is 5.44. The van der Waals surface area contributed by atoms with Crippen LogP contribution in [0.2, 0.25) is 0 Å². The van der Waals surface area contributed by atoms with Crippen LogP contribution in [-0.2, 0) is 0 Å². The summed E-state index contributed by atoms with van der Waals surface area (Å²) in [5.74, 6) is 0.442. The molecule has 1 atom stereocenters. The SMILES string of the molecule is CC(O)C1CCN(c2ncc(Br)cc2F)CC1. The minimum Gasteiger partial charge on any atom is -0.393 e. The summed E-state index contributed by atoms with van der Waals surface area (Å²) in [7, 11) is 0. The molecule has 1 fully saturated rings. The van der Waals surface area contributed by atoms with Gasteiger partial charge in [0, 0.05) is 23.8 Å². The number of nitrogens with zero attached hydrogens (tertiary/aromatic N) is 2. The first kappa shape index (κ1) is 12.8. The van der Waals surface area contributed by atoms with Crippen LogP contribution in [0.4, 0.5) is 10.2 Å². The molecule has 0 aliphatic carbocycles. The smallest absolute Gasteiger partial charge is 0.166 e. The van der Waals surface area contributed by atoms with E-state index in [2.05, 4.69) is 20.9 Å². The van der Waals surface area contributed by atoms with E-state index < -0.39 is 0 Å². The molecule has 17 heavy (non-hydrogen) atoms. The fraction of sp³-hybridized carbons (Fsp3) is 0.583. The summed E-state index contributed by atoms with van der Waals surface area (Å²) in [4.78, 5) is 6.06. The summed E-state index contributed by atoms with van der Waals surface area (Å²) in [6.45, 7) is 3.32. The number of pyridine rings is 1. The lowest BCUT2D eigenvalue weighted by atomic mass is 9.92. The number of aliphatic hydroxyl groups excluding tert-OH is 1. The first-order chi connectivity index (χ1) is 8.08. The van der Waals surface area contributed by atoms with Crippen molar-refractivity contribution in [3.8, 4) is 0 Å². The summed E-state index contributed by atoms with van der Waals surface area (Å²) in [5, 5.41) is 9.51. The number of hydrogen-bond donors (Lipinski definition) is 1. The van der Waals surface area contributed by atoms with Crippen LogP contribution in [0.1, 0.15) is 19.8 Å². The van der Waals surface area contributed by atoms with Gasteiger partial charge >= 0.3 is 0 Å². The van der Waals surface area contributed by atoms with E-state index in [0.717, 1.165) is 25.9 Å². The van der Waals surface area contributed by atoms with Crippen LogP contribution in [0.25, 0.3) is 0 Å². The fourth-order valence-corrected chi connectivity index (χ4v) is 2.54. The van der Waals surface area contributed by atoms with Crippen LogP contribution in [0.15, 0.2) is 16.7 Å². The van der Waals surface area contributed by atoms with Crippen LogP contribution in [0.5, 0.6) is 0 Å². The van der Waals surface area contributed by atoms with Crippen LogP contribution in [0, 0.1) is 11.7 Å². The number of piperidine rings is 1. The number of hydrogen-bond acceptors (Lipinski definition) is 3. The lowest BCUT2D eigenvalue weighted by Crippen LogP contribution is -2.37. The molecule has 0 bridgehead atoms. The van der Waals surface area contributed by atoms with Crippen LogP contribution in [0.3, 0.4) is 0 Å². The zero-order valence-electron chi connectivity index (χ0n) is 9.74. The third-order valence-electron chi connectivity index (χ3n) is 3.31. The van der Waals surface area contributed by atoms with Crippen molar-refractivity contribution in [2.24, 2.45) is 5.92 Å². The lowest BCUT2D eigenvalue weighted by molar-refractivity contribution is 0.109. The van der Waals surface area contributed by atoms with Crippen LogP contribution < -0.4 is 4.90 Å². The number of aliphatic hydroxyl groups is 1. The molecule has 3 nitrogen and oxygen atoms in total. The highest BCUT2D eigenvalue weighted by Crippen LogP contribution is 2.26. The Labute approximate surface area is 109 Å². The van der Waals surface area contributed by atoms with Crippen molar-refractivity contribution in [3.05, 3.63) is 22.6 Å². The predicted octanol–water partition coefficient (Wildman–Crippen LogP) is 2.58. The Bertz CT molecular complexity index is 392. The van der Waals surface area contributed by atoms with Gasteiger partial charge in [0.15, 0.2) is 11.6 Å². The van der Waals surface area contributed by atoms with E-state index >= 15 is 0 Å². The first-order valence-corrected chi connectivity index (χ1v) is 6.61. The molecule has 5 heteroatoms. The number of rotatable bonds is 2. The van der Waals surface area contributed by atoms with Gasteiger partial charge in [0.2, 0.25) is 0 Å². The van der Waals surface area contributed by atoms with Crippen molar-refractivity contribution in [2.45, 2.75) is 25.9 Å². The van der Waals surface area contributed by atoms with Gasteiger partial charge < -0.3 is 10.0 Å². The molecular formula is C12H16BrFN2O. The van der Waals surface area contributed by atoms with Gasteiger partial charge in [-0.15, -0.1) is 0 Å². The Kier molecular flexibility index (Phi) is 3.99. The predicted molar refractivity (Wildman–Crippen MR) is 68.5 cm³/mol. The average molecular weight is 303 g/mol. The van der Waals surface area contributed by atoms with Crippen LogP contribution in [-0.4, -0.2) is 29.3 Å². The molecule has 2 heterocycles. The summed E-state index contributed by atoms with van der Waals surface area (Å²) in [6.07, 6.45) is 3.10. The molecule has 1 aromatic heterocycles. The summed E-state index contributed by atoms with van der Waals surface area (Å²) in [5.41, 5.74) is 0.